The second-order valence-corrected chi connectivity index (χ2v) is 4.23. The number of nitrogen functional groups attached to an aromatic ring is 1. The standard InChI is InChI=1S/C10H10N4S/c11-10-13-8(6-2-4-15-5-6)7-1-3-12-9(7)14-10/h2,4-5H,1,3H2,(H3,11,12,13,14). The third kappa shape index (κ3) is 1.35. The zero-order valence-electron chi connectivity index (χ0n) is 8.03. The third-order valence-corrected chi connectivity index (χ3v) is 3.17. The molecule has 1 aliphatic heterocycles. The Morgan fingerprint density at radius 1 is 1.40 bits per heavy atom. The number of rotatable bonds is 1. The molecule has 76 valence electrons. The van der Waals surface area contributed by atoms with Gasteiger partial charge in [-0.2, -0.15) is 16.3 Å². The summed E-state index contributed by atoms with van der Waals surface area (Å²) >= 11 is 1.66. The van der Waals surface area contributed by atoms with Crippen molar-refractivity contribution >= 4 is 23.1 Å². The van der Waals surface area contributed by atoms with Crippen LogP contribution in [0.3, 0.4) is 0 Å². The molecule has 0 bridgehead atoms. The molecule has 0 aromatic carbocycles. The van der Waals surface area contributed by atoms with Crippen LogP contribution in [0.4, 0.5) is 11.8 Å². The number of fused-ring (bicyclic) bond motifs is 1. The van der Waals surface area contributed by atoms with Crippen LogP contribution in [0.25, 0.3) is 11.3 Å². The fourth-order valence-electron chi connectivity index (χ4n) is 1.83. The number of hydrogen-bond donors (Lipinski definition) is 2. The van der Waals surface area contributed by atoms with E-state index in [0.29, 0.717) is 5.95 Å². The fourth-order valence-corrected chi connectivity index (χ4v) is 2.47. The van der Waals surface area contributed by atoms with Crippen LogP contribution in [0.15, 0.2) is 16.8 Å². The first-order valence-electron chi connectivity index (χ1n) is 4.77. The van der Waals surface area contributed by atoms with Crippen LogP contribution in [0, 0.1) is 0 Å². The van der Waals surface area contributed by atoms with Crippen LogP contribution in [-0.4, -0.2) is 16.5 Å². The molecule has 5 heteroatoms. The van der Waals surface area contributed by atoms with Crippen LogP contribution in [-0.2, 0) is 6.42 Å². The Hall–Kier alpha value is -1.62. The number of aromatic nitrogens is 2. The molecule has 3 rings (SSSR count). The molecular formula is C10H10N4S. The molecule has 0 spiro atoms. The smallest absolute Gasteiger partial charge is 0.222 e. The van der Waals surface area contributed by atoms with Crippen molar-refractivity contribution < 1.29 is 0 Å². The number of nitrogens with two attached hydrogens (primary N) is 1. The molecule has 4 nitrogen and oxygen atoms in total. The van der Waals surface area contributed by atoms with Gasteiger partial charge in [0, 0.05) is 23.1 Å². The van der Waals surface area contributed by atoms with Crippen molar-refractivity contribution in [2.45, 2.75) is 6.42 Å². The average Bonchev–Trinajstić information content (AvgIpc) is 2.86. The first-order chi connectivity index (χ1) is 7.34. The third-order valence-electron chi connectivity index (χ3n) is 2.49. The van der Waals surface area contributed by atoms with E-state index in [1.165, 1.54) is 5.56 Å². The molecule has 0 amide bonds. The lowest BCUT2D eigenvalue weighted by Gasteiger charge is -2.05. The molecule has 2 aromatic rings. The highest BCUT2D eigenvalue weighted by atomic mass is 32.1. The van der Waals surface area contributed by atoms with E-state index in [1.807, 2.05) is 5.38 Å². The summed E-state index contributed by atoms with van der Waals surface area (Å²) in [6.45, 7) is 0.921. The maximum atomic E-state index is 5.68. The van der Waals surface area contributed by atoms with Crippen molar-refractivity contribution in [1.29, 1.82) is 0 Å². The number of hydrogen-bond acceptors (Lipinski definition) is 5. The van der Waals surface area contributed by atoms with Gasteiger partial charge in [0.1, 0.15) is 5.82 Å². The second-order valence-electron chi connectivity index (χ2n) is 3.45. The normalized spacial score (nSPS) is 13.6. The zero-order chi connectivity index (χ0) is 10.3. The highest BCUT2D eigenvalue weighted by Crippen LogP contribution is 2.31. The molecule has 15 heavy (non-hydrogen) atoms. The molecule has 2 aromatic heterocycles. The van der Waals surface area contributed by atoms with Gasteiger partial charge >= 0.3 is 0 Å². The Morgan fingerprint density at radius 2 is 2.33 bits per heavy atom. The van der Waals surface area contributed by atoms with Gasteiger partial charge < -0.3 is 11.1 Å². The molecule has 0 saturated heterocycles. The SMILES string of the molecule is Nc1nc2c(c(-c3ccsc3)n1)CCN2. The molecule has 0 fully saturated rings. The predicted molar refractivity (Wildman–Crippen MR) is 62.0 cm³/mol. The molecular weight excluding hydrogens is 208 g/mol. The van der Waals surface area contributed by atoms with Crippen molar-refractivity contribution in [2.75, 3.05) is 17.6 Å². The van der Waals surface area contributed by atoms with Gasteiger partial charge in [0.2, 0.25) is 5.95 Å². The van der Waals surface area contributed by atoms with Crippen LogP contribution in [0.2, 0.25) is 0 Å². The molecule has 0 saturated carbocycles. The Morgan fingerprint density at radius 3 is 3.13 bits per heavy atom. The number of nitrogens with zero attached hydrogens (tertiary/aromatic N) is 2. The molecule has 3 heterocycles. The van der Waals surface area contributed by atoms with Crippen molar-refractivity contribution in [3.05, 3.63) is 22.4 Å². The lowest BCUT2D eigenvalue weighted by atomic mass is 10.1. The van der Waals surface area contributed by atoms with Gasteiger partial charge in [-0.05, 0) is 17.9 Å². The van der Waals surface area contributed by atoms with Gasteiger partial charge in [-0.1, -0.05) is 0 Å². The van der Waals surface area contributed by atoms with Gasteiger partial charge in [-0.25, -0.2) is 4.98 Å². The first kappa shape index (κ1) is 8.67. The van der Waals surface area contributed by atoms with Crippen molar-refractivity contribution in [2.24, 2.45) is 0 Å². The lowest BCUT2D eigenvalue weighted by molar-refractivity contribution is 1.09. The number of nitrogens with one attached hydrogen (secondary N) is 1. The maximum Gasteiger partial charge on any atom is 0.222 e. The number of thiophene rings is 1. The van der Waals surface area contributed by atoms with E-state index in [9.17, 15) is 0 Å². The van der Waals surface area contributed by atoms with E-state index in [1.54, 1.807) is 11.3 Å². The number of anilines is 2. The Bertz CT molecular complexity index is 492. The van der Waals surface area contributed by atoms with Gasteiger partial charge in [0.15, 0.2) is 0 Å². The maximum absolute atomic E-state index is 5.68. The summed E-state index contributed by atoms with van der Waals surface area (Å²) < 4.78 is 0. The van der Waals surface area contributed by atoms with E-state index in [2.05, 4.69) is 26.7 Å². The highest BCUT2D eigenvalue weighted by molar-refractivity contribution is 7.08. The van der Waals surface area contributed by atoms with Gasteiger partial charge in [-0.15, -0.1) is 0 Å². The minimum atomic E-state index is 0.337. The monoisotopic (exact) mass is 218 g/mol. The zero-order valence-corrected chi connectivity index (χ0v) is 8.84. The van der Waals surface area contributed by atoms with E-state index < -0.39 is 0 Å². The molecule has 3 N–H and O–H groups in total. The predicted octanol–water partition coefficient (Wildman–Crippen LogP) is 1.76. The summed E-state index contributed by atoms with van der Waals surface area (Å²) in [7, 11) is 0. The van der Waals surface area contributed by atoms with Crippen LogP contribution < -0.4 is 11.1 Å². The summed E-state index contributed by atoms with van der Waals surface area (Å²) in [5.41, 5.74) is 8.97. The Labute approximate surface area is 91.2 Å². The quantitative estimate of drug-likeness (QED) is 0.765. The van der Waals surface area contributed by atoms with E-state index in [4.69, 9.17) is 5.73 Å². The van der Waals surface area contributed by atoms with Crippen molar-refractivity contribution in [1.82, 2.24) is 9.97 Å². The van der Waals surface area contributed by atoms with Gasteiger partial charge in [0.25, 0.3) is 0 Å². The van der Waals surface area contributed by atoms with Gasteiger partial charge in [-0.3, -0.25) is 0 Å². The van der Waals surface area contributed by atoms with E-state index in [-0.39, 0.29) is 0 Å². The topological polar surface area (TPSA) is 63.8 Å². The van der Waals surface area contributed by atoms with Crippen molar-refractivity contribution in [3.8, 4) is 11.3 Å². The van der Waals surface area contributed by atoms with E-state index >= 15 is 0 Å². The van der Waals surface area contributed by atoms with Crippen LogP contribution in [0.1, 0.15) is 5.56 Å². The minimum Gasteiger partial charge on any atom is -0.369 e. The van der Waals surface area contributed by atoms with Gasteiger partial charge in [0.05, 0.1) is 5.69 Å². The van der Waals surface area contributed by atoms with E-state index in [0.717, 1.165) is 30.0 Å². The Kier molecular flexibility index (Phi) is 1.85. The lowest BCUT2D eigenvalue weighted by Crippen LogP contribution is -2.01. The molecule has 0 atom stereocenters. The van der Waals surface area contributed by atoms with Crippen molar-refractivity contribution in [3.63, 3.8) is 0 Å². The summed E-state index contributed by atoms with van der Waals surface area (Å²) in [5.74, 6) is 1.23. The summed E-state index contributed by atoms with van der Waals surface area (Å²) in [6.07, 6.45) is 0.973. The average molecular weight is 218 g/mol. The summed E-state index contributed by atoms with van der Waals surface area (Å²) in [5, 5.41) is 7.34. The molecule has 1 aliphatic rings. The molecule has 0 unspecified atom stereocenters. The van der Waals surface area contributed by atoms with Crippen LogP contribution >= 0.6 is 11.3 Å². The fraction of sp³-hybridized carbons (Fsp3) is 0.200. The summed E-state index contributed by atoms with van der Waals surface area (Å²) in [4.78, 5) is 8.50. The second kappa shape index (κ2) is 3.20. The largest absolute Gasteiger partial charge is 0.369 e. The minimum absolute atomic E-state index is 0.337. The summed E-state index contributed by atoms with van der Waals surface area (Å²) in [6, 6.07) is 2.06. The molecule has 0 radical (unpaired) electrons. The Balaban J connectivity index is 2.23. The molecule has 0 aliphatic carbocycles. The first-order valence-corrected chi connectivity index (χ1v) is 5.72. The van der Waals surface area contributed by atoms with Crippen LogP contribution in [0.5, 0.6) is 0 Å². The highest BCUT2D eigenvalue weighted by Gasteiger charge is 2.19.